The predicted molar refractivity (Wildman–Crippen MR) is 25.9 cm³/mol. The Morgan fingerprint density at radius 1 is 1.57 bits per heavy atom. The Kier molecular flexibility index (Phi) is 12.1. The van der Waals surface area contributed by atoms with Gasteiger partial charge in [0.15, 0.2) is 0 Å². The number of hydrogen-bond donors (Lipinski definition) is 0. The SMILES string of the molecule is COOC(C)=O.[CsH]. The maximum atomic E-state index is 9.70. The second kappa shape index (κ2) is 7.48. The molecule has 0 saturated heterocycles. The van der Waals surface area contributed by atoms with Gasteiger partial charge in [-0.2, -0.15) is 4.89 Å². The quantitative estimate of drug-likeness (QED) is 0.443. The molecular formula is C3H7CsO3. The van der Waals surface area contributed by atoms with E-state index in [-0.39, 0.29) is 68.9 Å². The van der Waals surface area contributed by atoms with E-state index in [1.54, 1.807) is 0 Å². The van der Waals surface area contributed by atoms with Crippen LogP contribution in [0.1, 0.15) is 6.92 Å². The first kappa shape index (κ1) is 11.3. The van der Waals surface area contributed by atoms with E-state index in [9.17, 15) is 4.79 Å². The summed E-state index contributed by atoms with van der Waals surface area (Å²) in [5, 5.41) is 0. The molecule has 0 spiro atoms. The molecule has 0 aliphatic rings. The molecule has 0 saturated carbocycles. The zero-order valence-electron chi connectivity index (χ0n) is 3.72. The summed E-state index contributed by atoms with van der Waals surface area (Å²) in [6.07, 6.45) is 0. The van der Waals surface area contributed by atoms with Crippen LogP contribution in [0.4, 0.5) is 0 Å². The molecule has 0 aliphatic heterocycles. The van der Waals surface area contributed by atoms with E-state index >= 15 is 0 Å². The van der Waals surface area contributed by atoms with Crippen LogP contribution in [0.3, 0.4) is 0 Å². The molecule has 7 heavy (non-hydrogen) atoms. The van der Waals surface area contributed by atoms with Gasteiger partial charge in [0.2, 0.25) is 0 Å². The molecule has 0 aromatic carbocycles. The van der Waals surface area contributed by atoms with E-state index in [4.69, 9.17) is 0 Å². The van der Waals surface area contributed by atoms with E-state index in [0.717, 1.165) is 0 Å². The summed E-state index contributed by atoms with van der Waals surface area (Å²) in [7, 11) is 1.28. The van der Waals surface area contributed by atoms with Gasteiger partial charge < -0.3 is 0 Å². The van der Waals surface area contributed by atoms with Crippen molar-refractivity contribution in [1.29, 1.82) is 0 Å². The molecule has 0 bridgehead atoms. The Morgan fingerprint density at radius 3 is 2.00 bits per heavy atom. The molecule has 0 amide bonds. The van der Waals surface area contributed by atoms with Crippen LogP contribution >= 0.6 is 0 Å². The predicted octanol–water partition coefficient (Wildman–Crippen LogP) is -0.538. The molecule has 0 atom stereocenters. The molecule has 0 rings (SSSR count). The molecule has 0 unspecified atom stereocenters. The van der Waals surface area contributed by atoms with Crippen LogP contribution in [0, 0.1) is 0 Å². The number of carbonyl (C=O) groups excluding carboxylic acids is 1. The summed E-state index contributed by atoms with van der Waals surface area (Å²) in [5.41, 5.74) is 0. The molecule has 0 aromatic heterocycles. The zero-order chi connectivity index (χ0) is 4.99. The molecule has 0 heterocycles. The minimum absolute atomic E-state index is 0. The Morgan fingerprint density at radius 2 is 2.00 bits per heavy atom. The van der Waals surface area contributed by atoms with Crippen molar-refractivity contribution in [3.8, 4) is 0 Å². The van der Waals surface area contributed by atoms with Crippen molar-refractivity contribution >= 4 is 74.9 Å². The van der Waals surface area contributed by atoms with Gasteiger partial charge in [-0.15, -0.1) is 0 Å². The maximum absolute atomic E-state index is 9.70. The molecule has 3 nitrogen and oxygen atoms in total. The van der Waals surface area contributed by atoms with Gasteiger partial charge >= 0.3 is 74.9 Å². The van der Waals surface area contributed by atoms with Crippen LogP contribution in [-0.4, -0.2) is 82.0 Å². The van der Waals surface area contributed by atoms with Gasteiger partial charge in [-0.1, -0.05) is 0 Å². The van der Waals surface area contributed by atoms with Gasteiger partial charge in [-0.3, -0.25) is 4.89 Å². The van der Waals surface area contributed by atoms with Gasteiger partial charge in [-0.25, -0.2) is 4.79 Å². The second-order valence-electron chi connectivity index (χ2n) is 0.742. The minimum atomic E-state index is -0.433. The summed E-state index contributed by atoms with van der Waals surface area (Å²) >= 11 is 0. The summed E-state index contributed by atoms with van der Waals surface area (Å²) in [6.45, 7) is 1.27. The molecule has 0 aromatic rings. The third-order valence-corrected chi connectivity index (χ3v) is 0.201. The summed E-state index contributed by atoms with van der Waals surface area (Å²) in [6, 6.07) is 0. The van der Waals surface area contributed by atoms with E-state index < -0.39 is 5.97 Å². The summed E-state index contributed by atoms with van der Waals surface area (Å²) < 4.78 is 0. The first-order valence-corrected chi connectivity index (χ1v) is 1.48. The fourth-order valence-corrected chi connectivity index (χ4v) is 0.117. The molecule has 38 valence electrons. The zero-order valence-corrected chi connectivity index (χ0v) is 3.72. The van der Waals surface area contributed by atoms with Crippen molar-refractivity contribution in [3.05, 3.63) is 0 Å². The Bertz CT molecular complexity index is 54.1. The van der Waals surface area contributed by atoms with Gasteiger partial charge in [0.25, 0.3) is 0 Å². The van der Waals surface area contributed by atoms with Gasteiger partial charge in [0.05, 0.1) is 7.11 Å². The first-order chi connectivity index (χ1) is 2.77. The number of rotatable bonds is 1. The standard InChI is InChI=1S/C3H6O3.Cs.H/c1-3(4)6-5-2;;/h1-2H3;;. The third-order valence-electron chi connectivity index (χ3n) is 0.201. The van der Waals surface area contributed by atoms with Crippen molar-refractivity contribution < 1.29 is 14.6 Å². The van der Waals surface area contributed by atoms with Gasteiger partial charge in [0.1, 0.15) is 0 Å². The monoisotopic (exact) mass is 224 g/mol. The number of hydrogen-bond acceptors (Lipinski definition) is 3. The van der Waals surface area contributed by atoms with Crippen molar-refractivity contribution in [2.24, 2.45) is 0 Å². The Hall–Kier alpha value is 1.48. The fraction of sp³-hybridized carbons (Fsp3) is 0.667. The summed E-state index contributed by atoms with van der Waals surface area (Å²) in [5.74, 6) is -0.433. The average molecular weight is 224 g/mol. The van der Waals surface area contributed by atoms with E-state index in [0.29, 0.717) is 0 Å². The van der Waals surface area contributed by atoms with E-state index in [1.807, 2.05) is 0 Å². The number of carbonyl (C=O) groups is 1. The fourth-order valence-electron chi connectivity index (χ4n) is 0.117. The molecule has 0 fully saturated rings. The van der Waals surface area contributed by atoms with Crippen molar-refractivity contribution in [3.63, 3.8) is 0 Å². The molecule has 0 N–H and O–H groups in total. The molecule has 0 aliphatic carbocycles. The van der Waals surface area contributed by atoms with Crippen LogP contribution < -0.4 is 0 Å². The Labute approximate surface area is 101 Å². The van der Waals surface area contributed by atoms with Crippen LogP contribution in [0.25, 0.3) is 0 Å². The molecule has 0 radical (unpaired) electrons. The van der Waals surface area contributed by atoms with Crippen molar-refractivity contribution in [2.45, 2.75) is 6.92 Å². The average Bonchev–Trinajstić information content (AvgIpc) is 1.35. The topological polar surface area (TPSA) is 35.5 Å². The van der Waals surface area contributed by atoms with E-state index in [1.165, 1.54) is 14.0 Å². The van der Waals surface area contributed by atoms with E-state index in [2.05, 4.69) is 9.78 Å². The van der Waals surface area contributed by atoms with Crippen molar-refractivity contribution in [2.75, 3.05) is 7.11 Å². The van der Waals surface area contributed by atoms with Crippen LogP contribution in [0.5, 0.6) is 0 Å². The van der Waals surface area contributed by atoms with Gasteiger partial charge in [0, 0.05) is 6.92 Å². The summed E-state index contributed by atoms with van der Waals surface area (Å²) in [4.78, 5) is 17.6. The Balaban J connectivity index is 0. The van der Waals surface area contributed by atoms with Crippen LogP contribution in [0.2, 0.25) is 0 Å². The van der Waals surface area contributed by atoms with Crippen LogP contribution in [0.15, 0.2) is 0 Å². The van der Waals surface area contributed by atoms with Gasteiger partial charge in [-0.05, 0) is 0 Å². The van der Waals surface area contributed by atoms with Crippen LogP contribution in [-0.2, 0) is 14.6 Å². The molecular weight excluding hydrogens is 217 g/mol. The van der Waals surface area contributed by atoms with Crippen molar-refractivity contribution in [1.82, 2.24) is 0 Å². The first-order valence-electron chi connectivity index (χ1n) is 1.48. The normalized spacial score (nSPS) is 6.57. The second-order valence-corrected chi connectivity index (χ2v) is 0.742. The third kappa shape index (κ3) is 11.2. The molecule has 4 heteroatoms.